The molecule has 0 radical (unpaired) electrons. The van der Waals surface area contributed by atoms with Gasteiger partial charge in [-0.1, -0.05) is 0 Å². The Morgan fingerprint density at radius 1 is 1.11 bits per heavy atom. The Hall–Kier alpha value is -2.57. The number of imidazole rings is 1. The molecule has 7 heteroatoms. The first-order chi connectivity index (χ1) is 8.65. The molecule has 3 aromatic rings. The predicted octanol–water partition coefficient (Wildman–Crippen LogP) is 1.88. The molecule has 0 fully saturated rings. The molecular formula is C11H7F2N5. The summed E-state index contributed by atoms with van der Waals surface area (Å²) in [7, 11) is 0. The van der Waals surface area contributed by atoms with Gasteiger partial charge in [0, 0.05) is 5.56 Å². The first-order valence-electron chi connectivity index (χ1n) is 5.07. The van der Waals surface area contributed by atoms with Gasteiger partial charge in [-0.05, 0) is 18.2 Å². The van der Waals surface area contributed by atoms with Crippen LogP contribution in [-0.4, -0.2) is 19.9 Å². The molecule has 90 valence electrons. The molecule has 0 unspecified atom stereocenters. The fraction of sp³-hybridized carbons (Fsp3) is 0. The minimum Gasteiger partial charge on any atom is -0.368 e. The van der Waals surface area contributed by atoms with Crippen LogP contribution in [0.25, 0.3) is 22.4 Å². The Labute approximate surface area is 99.7 Å². The number of anilines is 1. The topological polar surface area (TPSA) is 80.5 Å². The van der Waals surface area contributed by atoms with Gasteiger partial charge in [0.2, 0.25) is 5.95 Å². The van der Waals surface area contributed by atoms with E-state index in [2.05, 4.69) is 19.9 Å². The second-order valence-electron chi connectivity index (χ2n) is 3.66. The summed E-state index contributed by atoms with van der Waals surface area (Å²) in [6.07, 6.45) is 1.43. The van der Waals surface area contributed by atoms with E-state index in [1.54, 1.807) is 0 Å². The van der Waals surface area contributed by atoms with Crippen molar-refractivity contribution in [2.24, 2.45) is 0 Å². The van der Waals surface area contributed by atoms with Gasteiger partial charge in [0.1, 0.15) is 11.2 Å². The van der Waals surface area contributed by atoms with Gasteiger partial charge in [0.15, 0.2) is 17.3 Å². The van der Waals surface area contributed by atoms with Crippen molar-refractivity contribution in [2.45, 2.75) is 0 Å². The van der Waals surface area contributed by atoms with Crippen LogP contribution in [0, 0.1) is 11.6 Å². The number of nitrogens with zero attached hydrogens (tertiary/aromatic N) is 3. The Balaban J connectivity index is 2.30. The van der Waals surface area contributed by atoms with Crippen molar-refractivity contribution in [1.82, 2.24) is 19.9 Å². The molecule has 2 aromatic heterocycles. The Morgan fingerprint density at radius 2 is 1.94 bits per heavy atom. The van der Waals surface area contributed by atoms with Crippen LogP contribution >= 0.6 is 0 Å². The summed E-state index contributed by atoms with van der Waals surface area (Å²) >= 11 is 0. The molecule has 3 rings (SSSR count). The third-order valence-electron chi connectivity index (χ3n) is 2.50. The zero-order valence-electron chi connectivity index (χ0n) is 8.98. The first kappa shape index (κ1) is 10.6. The van der Waals surface area contributed by atoms with Crippen LogP contribution in [-0.2, 0) is 0 Å². The molecule has 0 spiro atoms. The number of aromatic amines is 1. The van der Waals surface area contributed by atoms with E-state index in [-0.39, 0.29) is 5.95 Å². The fourth-order valence-corrected chi connectivity index (χ4v) is 1.70. The van der Waals surface area contributed by atoms with Crippen molar-refractivity contribution < 1.29 is 8.78 Å². The third-order valence-corrected chi connectivity index (χ3v) is 2.50. The van der Waals surface area contributed by atoms with Gasteiger partial charge in [-0.2, -0.15) is 4.98 Å². The van der Waals surface area contributed by atoms with E-state index in [1.165, 1.54) is 12.4 Å². The lowest BCUT2D eigenvalue weighted by Crippen LogP contribution is -1.98. The second-order valence-corrected chi connectivity index (χ2v) is 3.66. The van der Waals surface area contributed by atoms with Gasteiger partial charge in [-0.15, -0.1) is 0 Å². The molecular weight excluding hydrogens is 240 g/mol. The van der Waals surface area contributed by atoms with Crippen LogP contribution in [0.5, 0.6) is 0 Å². The maximum atomic E-state index is 13.2. The molecule has 0 bridgehead atoms. The number of hydrogen-bond donors (Lipinski definition) is 2. The van der Waals surface area contributed by atoms with Crippen LogP contribution in [0.4, 0.5) is 14.7 Å². The number of H-pyrrole nitrogens is 1. The number of aromatic nitrogens is 4. The van der Waals surface area contributed by atoms with Gasteiger partial charge in [-0.25, -0.2) is 18.7 Å². The normalized spacial score (nSPS) is 11.0. The highest BCUT2D eigenvalue weighted by Gasteiger charge is 2.12. The smallest absolute Gasteiger partial charge is 0.222 e. The quantitative estimate of drug-likeness (QED) is 0.688. The standard InChI is InChI=1S/C11H7F2N5/c12-6-2-1-5(3-7(6)13)8-9-10(16-4-15-9)18-11(14)17-8/h1-4H,(H3,14,15,16,17,18). The average Bonchev–Trinajstić information content (AvgIpc) is 2.79. The molecule has 18 heavy (non-hydrogen) atoms. The first-order valence-corrected chi connectivity index (χ1v) is 5.07. The molecule has 0 atom stereocenters. The van der Waals surface area contributed by atoms with Crippen molar-refractivity contribution in [2.75, 3.05) is 5.73 Å². The average molecular weight is 247 g/mol. The van der Waals surface area contributed by atoms with E-state index in [1.807, 2.05) is 0 Å². The molecule has 5 nitrogen and oxygen atoms in total. The van der Waals surface area contributed by atoms with E-state index in [0.717, 1.165) is 12.1 Å². The summed E-state index contributed by atoms with van der Waals surface area (Å²) in [6, 6.07) is 3.50. The Kier molecular flexibility index (Phi) is 2.19. The summed E-state index contributed by atoms with van der Waals surface area (Å²) in [6.45, 7) is 0. The molecule has 2 heterocycles. The number of benzene rings is 1. The fourth-order valence-electron chi connectivity index (χ4n) is 1.70. The van der Waals surface area contributed by atoms with Gasteiger partial charge in [-0.3, -0.25) is 0 Å². The molecule has 0 saturated heterocycles. The van der Waals surface area contributed by atoms with E-state index >= 15 is 0 Å². The highest BCUT2D eigenvalue weighted by atomic mass is 19.2. The summed E-state index contributed by atoms with van der Waals surface area (Å²) in [5.74, 6) is -1.84. The maximum Gasteiger partial charge on any atom is 0.222 e. The molecule has 0 aliphatic carbocycles. The lowest BCUT2D eigenvalue weighted by Gasteiger charge is -2.03. The maximum absolute atomic E-state index is 13.2. The SMILES string of the molecule is Nc1nc(-c2ccc(F)c(F)c2)c2[nH]cnc2n1. The molecule has 0 aliphatic rings. The van der Waals surface area contributed by atoms with Gasteiger partial charge >= 0.3 is 0 Å². The van der Waals surface area contributed by atoms with E-state index in [0.29, 0.717) is 22.4 Å². The number of nitrogens with two attached hydrogens (primary N) is 1. The van der Waals surface area contributed by atoms with Crippen molar-refractivity contribution >= 4 is 17.1 Å². The zero-order chi connectivity index (χ0) is 12.7. The highest BCUT2D eigenvalue weighted by Crippen LogP contribution is 2.25. The number of halogens is 2. The number of hydrogen-bond acceptors (Lipinski definition) is 4. The van der Waals surface area contributed by atoms with Crippen LogP contribution in [0.15, 0.2) is 24.5 Å². The summed E-state index contributed by atoms with van der Waals surface area (Å²) < 4.78 is 26.1. The van der Waals surface area contributed by atoms with Crippen LogP contribution in [0.1, 0.15) is 0 Å². The van der Waals surface area contributed by atoms with Crippen LogP contribution in [0.2, 0.25) is 0 Å². The van der Waals surface area contributed by atoms with Crippen molar-refractivity contribution in [3.63, 3.8) is 0 Å². The lowest BCUT2D eigenvalue weighted by molar-refractivity contribution is 0.509. The minimum absolute atomic E-state index is 0.0225. The van der Waals surface area contributed by atoms with E-state index in [9.17, 15) is 8.78 Å². The molecule has 3 N–H and O–H groups in total. The van der Waals surface area contributed by atoms with Crippen molar-refractivity contribution in [1.29, 1.82) is 0 Å². The van der Waals surface area contributed by atoms with E-state index < -0.39 is 11.6 Å². The Bertz CT molecular complexity index is 737. The summed E-state index contributed by atoms with van der Waals surface area (Å²) in [4.78, 5) is 14.7. The van der Waals surface area contributed by atoms with Gasteiger partial charge in [0.05, 0.1) is 6.33 Å². The number of nitrogen functional groups attached to an aromatic ring is 1. The number of rotatable bonds is 1. The number of nitrogens with one attached hydrogen (secondary N) is 1. The van der Waals surface area contributed by atoms with Crippen molar-refractivity contribution in [3.05, 3.63) is 36.2 Å². The minimum atomic E-state index is -0.947. The van der Waals surface area contributed by atoms with Crippen LogP contribution < -0.4 is 5.73 Å². The zero-order valence-corrected chi connectivity index (χ0v) is 8.98. The monoisotopic (exact) mass is 247 g/mol. The number of fused-ring (bicyclic) bond motifs is 1. The van der Waals surface area contributed by atoms with Gasteiger partial charge < -0.3 is 10.7 Å². The summed E-state index contributed by atoms with van der Waals surface area (Å²) in [5, 5.41) is 0. The predicted molar refractivity (Wildman–Crippen MR) is 61.4 cm³/mol. The molecule has 1 aromatic carbocycles. The van der Waals surface area contributed by atoms with Crippen molar-refractivity contribution in [3.8, 4) is 11.3 Å². The lowest BCUT2D eigenvalue weighted by atomic mass is 10.1. The van der Waals surface area contributed by atoms with Crippen LogP contribution in [0.3, 0.4) is 0 Å². The summed E-state index contributed by atoms with van der Waals surface area (Å²) in [5.41, 5.74) is 7.23. The molecule has 0 aliphatic heterocycles. The third kappa shape index (κ3) is 1.56. The molecule has 0 saturated carbocycles. The largest absolute Gasteiger partial charge is 0.368 e. The molecule has 0 amide bonds. The highest BCUT2D eigenvalue weighted by molar-refractivity contribution is 5.87. The van der Waals surface area contributed by atoms with Gasteiger partial charge in [0.25, 0.3) is 0 Å². The van der Waals surface area contributed by atoms with E-state index in [4.69, 9.17) is 5.73 Å². The Morgan fingerprint density at radius 3 is 2.72 bits per heavy atom. The second kappa shape index (κ2) is 3.73.